The van der Waals surface area contributed by atoms with Crippen molar-refractivity contribution >= 4 is 18.4 Å². The van der Waals surface area contributed by atoms with Crippen molar-refractivity contribution in [2.75, 3.05) is 7.11 Å². The van der Waals surface area contributed by atoms with Gasteiger partial charge in [-0.2, -0.15) is 0 Å². The molecule has 0 aliphatic carbocycles. The zero-order chi connectivity index (χ0) is 10.6. The molecule has 0 fully saturated rings. The number of rotatable bonds is 3. The SMILES string of the molecule is COC(=O)C[C@H](O)c1ccccc1C.Cl. The summed E-state index contributed by atoms with van der Waals surface area (Å²) in [5, 5.41) is 9.70. The smallest absolute Gasteiger partial charge is 0.308 e. The number of esters is 1. The molecule has 4 heteroatoms. The minimum atomic E-state index is -0.774. The van der Waals surface area contributed by atoms with E-state index in [1.807, 2.05) is 31.2 Å². The summed E-state index contributed by atoms with van der Waals surface area (Å²) < 4.78 is 4.48. The van der Waals surface area contributed by atoms with Crippen molar-refractivity contribution < 1.29 is 14.6 Å². The van der Waals surface area contributed by atoms with Gasteiger partial charge in [0, 0.05) is 0 Å². The molecule has 0 unspecified atom stereocenters. The van der Waals surface area contributed by atoms with Crippen molar-refractivity contribution in [1.82, 2.24) is 0 Å². The zero-order valence-corrected chi connectivity index (χ0v) is 9.58. The maximum absolute atomic E-state index is 10.9. The number of halogens is 1. The number of hydrogen-bond acceptors (Lipinski definition) is 3. The second-order valence-electron chi connectivity index (χ2n) is 3.15. The van der Waals surface area contributed by atoms with Crippen LogP contribution in [0.2, 0.25) is 0 Å². The van der Waals surface area contributed by atoms with Crippen LogP contribution in [-0.2, 0) is 9.53 Å². The molecule has 1 aromatic rings. The second-order valence-corrected chi connectivity index (χ2v) is 3.15. The second kappa shape index (κ2) is 6.43. The third kappa shape index (κ3) is 3.90. The number of aliphatic hydroxyl groups excluding tert-OH is 1. The third-order valence-electron chi connectivity index (χ3n) is 2.14. The van der Waals surface area contributed by atoms with Crippen LogP contribution in [0.3, 0.4) is 0 Å². The van der Waals surface area contributed by atoms with Gasteiger partial charge in [0.1, 0.15) is 0 Å². The number of aliphatic hydroxyl groups is 1. The number of aryl methyl sites for hydroxylation is 1. The molecule has 15 heavy (non-hydrogen) atoms. The van der Waals surface area contributed by atoms with Gasteiger partial charge in [0.25, 0.3) is 0 Å². The first-order chi connectivity index (χ1) is 6.65. The first kappa shape index (κ1) is 13.9. The molecule has 0 saturated carbocycles. The van der Waals surface area contributed by atoms with E-state index in [9.17, 15) is 9.90 Å². The predicted molar refractivity (Wildman–Crippen MR) is 60.0 cm³/mol. The van der Waals surface area contributed by atoms with Gasteiger partial charge >= 0.3 is 5.97 Å². The van der Waals surface area contributed by atoms with Crippen LogP contribution < -0.4 is 0 Å². The number of benzene rings is 1. The van der Waals surface area contributed by atoms with Gasteiger partial charge in [-0.1, -0.05) is 24.3 Å². The monoisotopic (exact) mass is 230 g/mol. The highest BCUT2D eigenvalue weighted by atomic mass is 35.5. The third-order valence-corrected chi connectivity index (χ3v) is 2.14. The maximum atomic E-state index is 10.9. The van der Waals surface area contributed by atoms with Crippen LogP contribution in [0.5, 0.6) is 0 Å². The molecule has 1 aromatic carbocycles. The lowest BCUT2D eigenvalue weighted by molar-refractivity contribution is -0.142. The Kier molecular flexibility index (Phi) is 5.97. The summed E-state index contributed by atoms with van der Waals surface area (Å²) in [6.07, 6.45) is -0.773. The van der Waals surface area contributed by atoms with Gasteiger partial charge in [0.05, 0.1) is 19.6 Å². The van der Waals surface area contributed by atoms with E-state index in [2.05, 4.69) is 4.74 Å². The van der Waals surface area contributed by atoms with E-state index in [0.29, 0.717) is 0 Å². The fraction of sp³-hybridized carbons (Fsp3) is 0.364. The summed E-state index contributed by atoms with van der Waals surface area (Å²) >= 11 is 0. The molecule has 84 valence electrons. The van der Waals surface area contributed by atoms with Crippen LogP contribution in [0.25, 0.3) is 0 Å². The van der Waals surface area contributed by atoms with Crippen LogP contribution in [0.1, 0.15) is 23.7 Å². The Balaban J connectivity index is 0.00000196. The van der Waals surface area contributed by atoms with Gasteiger partial charge < -0.3 is 9.84 Å². The lowest BCUT2D eigenvalue weighted by atomic mass is 10.0. The number of ether oxygens (including phenoxy) is 1. The average molecular weight is 231 g/mol. The first-order valence-electron chi connectivity index (χ1n) is 4.45. The van der Waals surface area contributed by atoms with Crippen LogP contribution in [-0.4, -0.2) is 18.2 Å². The van der Waals surface area contributed by atoms with E-state index in [-0.39, 0.29) is 18.8 Å². The van der Waals surface area contributed by atoms with E-state index in [4.69, 9.17) is 0 Å². The van der Waals surface area contributed by atoms with Crippen LogP contribution in [0.15, 0.2) is 24.3 Å². The Morgan fingerprint density at radius 3 is 2.60 bits per heavy atom. The lowest BCUT2D eigenvalue weighted by Gasteiger charge is -2.11. The molecule has 0 spiro atoms. The van der Waals surface area contributed by atoms with Crippen LogP contribution in [0, 0.1) is 6.92 Å². The molecule has 1 rings (SSSR count). The molecular formula is C11H15ClO3. The van der Waals surface area contributed by atoms with Gasteiger partial charge in [-0.15, -0.1) is 12.4 Å². The van der Waals surface area contributed by atoms with Crippen molar-refractivity contribution in [3.8, 4) is 0 Å². The summed E-state index contributed by atoms with van der Waals surface area (Å²) in [5.74, 6) is -0.402. The Morgan fingerprint density at radius 1 is 1.47 bits per heavy atom. The molecule has 0 saturated heterocycles. The van der Waals surface area contributed by atoms with Gasteiger partial charge in [-0.05, 0) is 18.1 Å². The molecular weight excluding hydrogens is 216 g/mol. The number of carbonyl (C=O) groups is 1. The minimum absolute atomic E-state index is 0. The van der Waals surface area contributed by atoms with E-state index < -0.39 is 12.1 Å². The van der Waals surface area contributed by atoms with Crippen molar-refractivity contribution in [2.45, 2.75) is 19.4 Å². The van der Waals surface area contributed by atoms with E-state index in [1.165, 1.54) is 7.11 Å². The molecule has 0 aromatic heterocycles. The highest BCUT2D eigenvalue weighted by molar-refractivity contribution is 5.85. The zero-order valence-electron chi connectivity index (χ0n) is 8.77. The topological polar surface area (TPSA) is 46.5 Å². The van der Waals surface area contributed by atoms with Gasteiger partial charge in [0.15, 0.2) is 0 Å². The summed E-state index contributed by atoms with van der Waals surface area (Å²) in [7, 11) is 1.31. The Bertz CT molecular complexity index is 325. The number of methoxy groups -OCH3 is 1. The molecule has 0 radical (unpaired) electrons. The minimum Gasteiger partial charge on any atom is -0.469 e. The molecule has 3 nitrogen and oxygen atoms in total. The van der Waals surface area contributed by atoms with Gasteiger partial charge in [-0.25, -0.2) is 0 Å². The van der Waals surface area contributed by atoms with Crippen LogP contribution >= 0.6 is 12.4 Å². The lowest BCUT2D eigenvalue weighted by Crippen LogP contribution is -2.08. The normalized spacial score (nSPS) is 11.4. The summed E-state index contributed by atoms with van der Waals surface area (Å²) in [6.45, 7) is 1.90. The molecule has 0 bridgehead atoms. The summed E-state index contributed by atoms with van der Waals surface area (Å²) in [5.41, 5.74) is 1.75. The highest BCUT2D eigenvalue weighted by Crippen LogP contribution is 2.20. The largest absolute Gasteiger partial charge is 0.469 e. The first-order valence-corrected chi connectivity index (χ1v) is 4.45. The standard InChI is InChI=1S/C11H14O3.ClH/c1-8-5-3-4-6-9(8)10(12)7-11(13)14-2;/h3-6,10,12H,7H2,1-2H3;1H/t10-;/m0./s1. The average Bonchev–Trinajstić information content (AvgIpc) is 2.18. The molecule has 0 aliphatic rings. The molecule has 1 atom stereocenters. The summed E-state index contributed by atoms with van der Waals surface area (Å²) in [6, 6.07) is 7.44. The fourth-order valence-corrected chi connectivity index (χ4v) is 1.31. The van der Waals surface area contributed by atoms with Gasteiger partial charge in [0.2, 0.25) is 0 Å². The molecule has 0 aliphatic heterocycles. The number of hydrogen-bond donors (Lipinski definition) is 1. The molecule has 0 heterocycles. The Morgan fingerprint density at radius 2 is 2.07 bits per heavy atom. The maximum Gasteiger partial charge on any atom is 0.308 e. The van der Waals surface area contributed by atoms with E-state index >= 15 is 0 Å². The van der Waals surface area contributed by atoms with Crippen LogP contribution in [0.4, 0.5) is 0 Å². The Hall–Kier alpha value is -1.06. The molecule has 1 N–H and O–H groups in total. The van der Waals surface area contributed by atoms with Crippen molar-refractivity contribution in [3.63, 3.8) is 0 Å². The highest BCUT2D eigenvalue weighted by Gasteiger charge is 2.14. The quantitative estimate of drug-likeness (QED) is 0.809. The number of carbonyl (C=O) groups excluding carboxylic acids is 1. The predicted octanol–water partition coefficient (Wildman–Crippen LogP) is 2.01. The van der Waals surface area contributed by atoms with Gasteiger partial charge in [-0.3, -0.25) is 4.79 Å². The Labute approximate surface area is 95.5 Å². The fourth-order valence-electron chi connectivity index (χ4n) is 1.31. The van der Waals surface area contributed by atoms with E-state index in [1.54, 1.807) is 0 Å². The molecule has 0 amide bonds. The summed E-state index contributed by atoms with van der Waals surface area (Å²) in [4.78, 5) is 10.9. The van der Waals surface area contributed by atoms with E-state index in [0.717, 1.165) is 11.1 Å². The van der Waals surface area contributed by atoms with Crippen molar-refractivity contribution in [2.24, 2.45) is 0 Å². The van der Waals surface area contributed by atoms with Crippen molar-refractivity contribution in [1.29, 1.82) is 0 Å². The van der Waals surface area contributed by atoms with Crippen molar-refractivity contribution in [3.05, 3.63) is 35.4 Å².